The zero-order chi connectivity index (χ0) is 10.2. The Morgan fingerprint density at radius 2 is 2.08 bits per heavy atom. The first kappa shape index (κ1) is 10.4. The van der Waals surface area contributed by atoms with Crippen LogP contribution < -0.4 is 0 Å². The maximum Gasteiger partial charge on any atom is 0.233 e. The highest BCUT2D eigenvalue weighted by Crippen LogP contribution is 2.36. The number of hydrogen-bond acceptors (Lipinski definition) is 3. The van der Waals surface area contributed by atoms with Crippen molar-refractivity contribution < 1.29 is 9.90 Å². The molecule has 0 aliphatic carbocycles. The van der Waals surface area contributed by atoms with Crippen molar-refractivity contribution in [2.24, 2.45) is 5.92 Å². The van der Waals surface area contributed by atoms with Gasteiger partial charge in [-0.3, -0.25) is 9.69 Å². The summed E-state index contributed by atoms with van der Waals surface area (Å²) in [6.07, 6.45) is 1.97. The molecule has 0 aromatic carbocycles. The number of carbonyl (C=O) groups is 1. The molecule has 0 saturated carbocycles. The van der Waals surface area contributed by atoms with Crippen LogP contribution in [0.4, 0.5) is 0 Å². The first-order chi connectivity index (χ1) is 6.00. The van der Waals surface area contributed by atoms with Gasteiger partial charge in [-0.25, -0.2) is 0 Å². The quantitative estimate of drug-likeness (QED) is 0.548. The van der Waals surface area contributed by atoms with E-state index in [0.29, 0.717) is 5.70 Å². The van der Waals surface area contributed by atoms with Crippen molar-refractivity contribution in [2.75, 3.05) is 6.26 Å². The number of allylic oxidation sites excluding steroid dienone is 2. The van der Waals surface area contributed by atoms with Crippen molar-refractivity contribution in [3.63, 3.8) is 0 Å². The van der Waals surface area contributed by atoms with E-state index in [-0.39, 0.29) is 23.0 Å². The van der Waals surface area contributed by atoms with E-state index in [9.17, 15) is 9.90 Å². The van der Waals surface area contributed by atoms with Crippen LogP contribution in [0.2, 0.25) is 0 Å². The number of hydrogen-bond donors (Lipinski definition) is 1. The lowest BCUT2D eigenvalue weighted by molar-refractivity contribution is -0.145. The van der Waals surface area contributed by atoms with Crippen LogP contribution in [0.25, 0.3) is 0 Å². The van der Waals surface area contributed by atoms with Crippen molar-refractivity contribution >= 4 is 17.7 Å². The summed E-state index contributed by atoms with van der Waals surface area (Å²) < 4.78 is 0. The standard InChI is InChI=1S/C9H15NO2S/c1-5-8(12)10(9(5)13-4)6(2)7(3)11/h5,9,11H,1-4H3/b7-6+. The van der Waals surface area contributed by atoms with Gasteiger partial charge in [-0.1, -0.05) is 6.92 Å². The third kappa shape index (κ3) is 1.55. The normalized spacial score (nSPS) is 29.8. The Balaban J connectivity index is 2.83. The van der Waals surface area contributed by atoms with E-state index in [1.165, 1.54) is 0 Å². The van der Waals surface area contributed by atoms with Crippen LogP contribution in [0.1, 0.15) is 20.8 Å². The maximum absolute atomic E-state index is 11.4. The highest BCUT2D eigenvalue weighted by molar-refractivity contribution is 7.99. The smallest absolute Gasteiger partial charge is 0.233 e. The molecule has 0 aromatic heterocycles. The van der Waals surface area contributed by atoms with Gasteiger partial charge >= 0.3 is 0 Å². The van der Waals surface area contributed by atoms with Gasteiger partial charge in [0, 0.05) is 0 Å². The predicted octanol–water partition coefficient (Wildman–Crippen LogP) is 1.96. The van der Waals surface area contributed by atoms with E-state index >= 15 is 0 Å². The molecule has 74 valence electrons. The van der Waals surface area contributed by atoms with Crippen LogP contribution in [0.3, 0.4) is 0 Å². The minimum absolute atomic E-state index is 0.0734. The Bertz CT molecular complexity index is 258. The Morgan fingerprint density at radius 3 is 2.46 bits per heavy atom. The number of β-lactam (4-membered cyclic amide) rings is 1. The fourth-order valence-corrected chi connectivity index (χ4v) is 2.45. The number of aliphatic hydroxyl groups is 1. The van der Waals surface area contributed by atoms with Crippen LogP contribution in [0.15, 0.2) is 11.5 Å². The number of likely N-dealkylation sites (tertiary alicyclic amines) is 1. The summed E-state index contributed by atoms with van der Waals surface area (Å²) in [5, 5.41) is 9.44. The highest BCUT2D eigenvalue weighted by atomic mass is 32.2. The van der Waals surface area contributed by atoms with Gasteiger partial charge in [0.1, 0.15) is 5.76 Å². The summed E-state index contributed by atoms with van der Waals surface area (Å²) in [7, 11) is 0. The van der Waals surface area contributed by atoms with E-state index in [0.717, 1.165) is 0 Å². The molecule has 1 aliphatic heterocycles. The monoisotopic (exact) mass is 201 g/mol. The largest absolute Gasteiger partial charge is 0.511 e. The SMILES string of the molecule is CSC1C(C)C(=O)N1/C(C)=C(\C)O. The van der Waals surface area contributed by atoms with Gasteiger partial charge in [0.2, 0.25) is 5.91 Å². The minimum atomic E-state index is 0.0734. The molecule has 13 heavy (non-hydrogen) atoms. The number of amides is 1. The van der Waals surface area contributed by atoms with Crippen molar-refractivity contribution in [2.45, 2.75) is 26.1 Å². The van der Waals surface area contributed by atoms with Crippen molar-refractivity contribution in [3.8, 4) is 0 Å². The van der Waals surface area contributed by atoms with E-state index in [4.69, 9.17) is 0 Å². The van der Waals surface area contributed by atoms with Crippen LogP contribution in [-0.2, 0) is 4.79 Å². The average Bonchev–Trinajstić information content (AvgIpc) is 2.10. The number of thioether (sulfide) groups is 1. The summed E-state index contributed by atoms with van der Waals surface area (Å²) >= 11 is 1.64. The predicted molar refractivity (Wildman–Crippen MR) is 54.3 cm³/mol. The maximum atomic E-state index is 11.4. The Morgan fingerprint density at radius 1 is 1.54 bits per heavy atom. The molecule has 2 atom stereocenters. The minimum Gasteiger partial charge on any atom is -0.511 e. The van der Waals surface area contributed by atoms with Gasteiger partial charge in [-0.2, -0.15) is 0 Å². The zero-order valence-electron chi connectivity index (χ0n) is 8.37. The fraction of sp³-hybridized carbons (Fsp3) is 0.667. The van der Waals surface area contributed by atoms with Crippen molar-refractivity contribution in [3.05, 3.63) is 11.5 Å². The third-order valence-corrected chi connectivity index (χ3v) is 3.54. The summed E-state index contributed by atoms with van der Waals surface area (Å²) in [5.74, 6) is 0.397. The van der Waals surface area contributed by atoms with Crippen LogP contribution in [0.5, 0.6) is 0 Å². The molecule has 1 rings (SSSR count). The van der Waals surface area contributed by atoms with Crippen molar-refractivity contribution in [1.82, 2.24) is 4.90 Å². The molecule has 1 N–H and O–H groups in total. The van der Waals surface area contributed by atoms with E-state index in [2.05, 4.69) is 0 Å². The molecule has 1 aliphatic rings. The van der Waals surface area contributed by atoms with Gasteiger partial charge in [0.05, 0.1) is 17.0 Å². The molecule has 1 heterocycles. The van der Waals surface area contributed by atoms with E-state index < -0.39 is 0 Å². The molecular weight excluding hydrogens is 186 g/mol. The number of nitrogens with zero attached hydrogens (tertiary/aromatic N) is 1. The van der Waals surface area contributed by atoms with Crippen LogP contribution in [0, 0.1) is 5.92 Å². The van der Waals surface area contributed by atoms with Gasteiger partial charge in [-0.05, 0) is 20.1 Å². The first-order valence-corrected chi connectivity index (χ1v) is 5.51. The average molecular weight is 201 g/mol. The molecule has 4 heteroatoms. The van der Waals surface area contributed by atoms with Gasteiger partial charge in [0.15, 0.2) is 0 Å². The lowest BCUT2D eigenvalue weighted by Gasteiger charge is -2.45. The topological polar surface area (TPSA) is 40.5 Å². The molecule has 3 nitrogen and oxygen atoms in total. The first-order valence-electron chi connectivity index (χ1n) is 4.23. The van der Waals surface area contributed by atoms with Crippen LogP contribution in [-0.4, -0.2) is 27.5 Å². The lowest BCUT2D eigenvalue weighted by atomic mass is 10.00. The summed E-state index contributed by atoms with van der Waals surface area (Å²) in [4.78, 5) is 13.1. The number of aliphatic hydroxyl groups excluding tert-OH is 1. The Kier molecular flexibility index (Phi) is 2.91. The Labute approximate surface area is 82.8 Å². The zero-order valence-corrected chi connectivity index (χ0v) is 9.18. The molecule has 1 fully saturated rings. The molecule has 1 saturated heterocycles. The fourth-order valence-electron chi connectivity index (χ4n) is 1.45. The molecule has 0 radical (unpaired) electrons. The second-order valence-electron chi connectivity index (χ2n) is 3.29. The second kappa shape index (κ2) is 3.62. The summed E-state index contributed by atoms with van der Waals surface area (Å²) in [6, 6.07) is 0. The molecule has 1 amide bonds. The van der Waals surface area contributed by atoms with Crippen LogP contribution >= 0.6 is 11.8 Å². The van der Waals surface area contributed by atoms with Crippen molar-refractivity contribution in [1.29, 1.82) is 0 Å². The number of carbonyl (C=O) groups excluding carboxylic acids is 1. The van der Waals surface area contributed by atoms with E-state index in [1.54, 1.807) is 30.5 Å². The van der Waals surface area contributed by atoms with Gasteiger partial charge in [-0.15, -0.1) is 11.8 Å². The lowest BCUT2D eigenvalue weighted by Crippen LogP contribution is -2.56. The molecule has 0 bridgehead atoms. The molecular formula is C9H15NO2S. The summed E-state index contributed by atoms with van der Waals surface area (Å²) in [5.41, 5.74) is 0.669. The Hall–Kier alpha value is -0.640. The van der Waals surface area contributed by atoms with Gasteiger partial charge in [0.25, 0.3) is 0 Å². The molecule has 0 aromatic rings. The summed E-state index contributed by atoms with van der Waals surface area (Å²) in [6.45, 7) is 5.28. The third-order valence-electron chi connectivity index (χ3n) is 2.44. The molecule has 0 spiro atoms. The number of rotatable bonds is 2. The second-order valence-corrected chi connectivity index (χ2v) is 4.25. The highest BCUT2D eigenvalue weighted by Gasteiger charge is 2.44. The van der Waals surface area contributed by atoms with E-state index in [1.807, 2.05) is 13.2 Å². The molecule has 2 unspecified atom stereocenters. The van der Waals surface area contributed by atoms with Gasteiger partial charge < -0.3 is 5.11 Å².